The van der Waals surface area contributed by atoms with Crippen LogP contribution < -0.4 is 16.0 Å². The lowest BCUT2D eigenvalue weighted by Crippen LogP contribution is -2.44. The van der Waals surface area contributed by atoms with Gasteiger partial charge in [0.05, 0.1) is 6.42 Å². The second kappa shape index (κ2) is 12.1. The minimum Gasteiger partial charge on any atom is -0.324 e. The van der Waals surface area contributed by atoms with Crippen molar-refractivity contribution in [2.24, 2.45) is 0 Å². The number of hydrogen-bond donors (Lipinski definition) is 3. The molecule has 0 aliphatic carbocycles. The molecule has 0 saturated carbocycles. The number of amides is 3. The molecule has 3 amide bonds. The highest BCUT2D eigenvalue weighted by Crippen LogP contribution is 2.18. The lowest BCUT2D eigenvalue weighted by Gasteiger charge is -2.24. The Kier molecular flexibility index (Phi) is 8.04. The maximum atomic E-state index is 12.9. The monoisotopic (exact) mass is 519 g/mol. The Labute approximate surface area is 227 Å². The van der Waals surface area contributed by atoms with Crippen LogP contribution in [0.2, 0.25) is 0 Å². The maximum Gasteiger partial charge on any atom is 0.251 e. The van der Waals surface area contributed by atoms with Crippen LogP contribution in [0.15, 0.2) is 97.2 Å². The number of nitrogens with one attached hydrogen (secondary N) is 3. The number of carbonyl (C=O) groups excluding carboxylic acids is 3. The summed E-state index contributed by atoms with van der Waals surface area (Å²) >= 11 is 0. The summed E-state index contributed by atoms with van der Waals surface area (Å²) in [4.78, 5) is 43.7. The maximum absolute atomic E-state index is 12.9. The van der Waals surface area contributed by atoms with E-state index in [4.69, 9.17) is 0 Å². The molecule has 2 atom stereocenters. The van der Waals surface area contributed by atoms with E-state index in [2.05, 4.69) is 20.9 Å². The van der Waals surface area contributed by atoms with Crippen molar-refractivity contribution in [1.29, 1.82) is 0 Å². The Hall–Kier alpha value is -4.82. The first-order chi connectivity index (χ1) is 19.0. The standard InChI is InChI=1S/C31H29N5O3/c37-29(21-26-5-1-2-18-32-26)36-20-4-7-28(36)31(39)35-25-16-12-23(13-17-25)9-8-22-10-14-24(15-11-22)34-30(38)27-6-3-19-33-27/h1-18,27-28,33H,19-21H2,(H,34,38)(H,35,39)/b9-8+/t27-,28-/m0/s1. The van der Waals surface area contributed by atoms with Gasteiger partial charge in [0, 0.05) is 36.4 Å². The van der Waals surface area contributed by atoms with Crippen LogP contribution in [0, 0.1) is 0 Å². The minimum absolute atomic E-state index is 0.0769. The average molecular weight is 520 g/mol. The molecule has 2 aliphatic rings. The van der Waals surface area contributed by atoms with Gasteiger partial charge in [-0.15, -0.1) is 0 Å². The Bertz CT molecular complexity index is 1410. The fourth-order valence-corrected chi connectivity index (χ4v) is 4.40. The molecule has 39 heavy (non-hydrogen) atoms. The lowest BCUT2D eigenvalue weighted by molar-refractivity contribution is -0.135. The Morgan fingerprint density at radius 3 is 2.10 bits per heavy atom. The number of aromatic nitrogens is 1. The van der Waals surface area contributed by atoms with Crippen LogP contribution in [0.3, 0.4) is 0 Å². The van der Waals surface area contributed by atoms with Gasteiger partial charge in [0.2, 0.25) is 11.8 Å². The second-order valence-corrected chi connectivity index (χ2v) is 9.29. The minimum atomic E-state index is -0.653. The van der Waals surface area contributed by atoms with Crippen molar-refractivity contribution in [3.63, 3.8) is 0 Å². The molecule has 0 radical (unpaired) electrons. The molecule has 8 heteroatoms. The van der Waals surface area contributed by atoms with Crippen LogP contribution in [0.4, 0.5) is 11.4 Å². The van der Waals surface area contributed by atoms with E-state index in [9.17, 15) is 14.4 Å². The fraction of sp³-hybridized carbons (Fsp3) is 0.161. The van der Waals surface area contributed by atoms with Crippen LogP contribution in [0.25, 0.3) is 12.2 Å². The first-order valence-corrected chi connectivity index (χ1v) is 12.8. The van der Waals surface area contributed by atoms with E-state index in [0.717, 1.165) is 16.8 Å². The van der Waals surface area contributed by atoms with Crippen molar-refractivity contribution in [2.45, 2.75) is 18.5 Å². The van der Waals surface area contributed by atoms with Gasteiger partial charge < -0.3 is 15.5 Å². The van der Waals surface area contributed by atoms with Gasteiger partial charge in [0.1, 0.15) is 12.1 Å². The topological polar surface area (TPSA) is 103 Å². The third-order valence-corrected chi connectivity index (χ3v) is 6.50. The van der Waals surface area contributed by atoms with Crippen molar-refractivity contribution < 1.29 is 14.4 Å². The number of hydrogen-bond acceptors (Lipinski definition) is 5. The van der Waals surface area contributed by atoms with Crippen LogP contribution in [-0.2, 0) is 20.8 Å². The van der Waals surface area contributed by atoms with Gasteiger partial charge >= 0.3 is 0 Å². The van der Waals surface area contributed by atoms with Crippen molar-refractivity contribution in [2.75, 3.05) is 23.7 Å². The van der Waals surface area contributed by atoms with E-state index in [1.807, 2.05) is 85.0 Å². The summed E-state index contributed by atoms with van der Waals surface area (Å²) in [5, 5.41) is 8.91. The number of rotatable bonds is 8. The molecule has 0 fully saturated rings. The predicted molar refractivity (Wildman–Crippen MR) is 153 cm³/mol. The molecule has 0 unspecified atom stereocenters. The number of pyridine rings is 1. The highest BCUT2D eigenvalue weighted by atomic mass is 16.2. The highest BCUT2D eigenvalue weighted by Gasteiger charge is 2.30. The quantitative estimate of drug-likeness (QED) is 0.311. The molecule has 3 aromatic rings. The molecule has 3 N–H and O–H groups in total. The Balaban J connectivity index is 1.13. The summed E-state index contributed by atoms with van der Waals surface area (Å²) in [5.41, 5.74) is 4.04. The van der Waals surface area contributed by atoms with E-state index < -0.39 is 6.04 Å². The van der Waals surface area contributed by atoms with E-state index in [-0.39, 0.29) is 30.2 Å². The van der Waals surface area contributed by atoms with E-state index >= 15 is 0 Å². The smallest absolute Gasteiger partial charge is 0.251 e. The summed E-state index contributed by atoms with van der Waals surface area (Å²) in [7, 11) is 0. The molecule has 0 spiro atoms. The van der Waals surface area contributed by atoms with Crippen molar-refractivity contribution in [3.8, 4) is 0 Å². The molecule has 1 aromatic heterocycles. The Morgan fingerprint density at radius 1 is 0.846 bits per heavy atom. The number of anilines is 2. The van der Waals surface area contributed by atoms with E-state index in [0.29, 0.717) is 24.5 Å². The van der Waals surface area contributed by atoms with Crippen molar-refractivity contribution in [1.82, 2.24) is 15.2 Å². The molecule has 0 saturated heterocycles. The first-order valence-electron chi connectivity index (χ1n) is 12.8. The Morgan fingerprint density at radius 2 is 1.51 bits per heavy atom. The van der Waals surface area contributed by atoms with Gasteiger partial charge in [-0.1, -0.05) is 66.8 Å². The zero-order valence-electron chi connectivity index (χ0n) is 21.3. The molecule has 2 aliphatic heterocycles. The lowest BCUT2D eigenvalue weighted by atomic mass is 10.1. The highest BCUT2D eigenvalue weighted by molar-refractivity contribution is 5.99. The molecule has 0 bridgehead atoms. The van der Waals surface area contributed by atoms with Gasteiger partial charge in [-0.2, -0.15) is 0 Å². The van der Waals surface area contributed by atoms with Crippen molar-refractivity contribution >= 4 is 41.2 Å². The summed E-state index contributed by atoms with van der Waals surface area (Å²) in [5.74, 6) is -0.474. The molecular weight excluding hydrogens is 490 g/mol. The third-order valence-electron chi connectivity index (χ3n) is 6.50. The van der Waals surface area contributed by atoms with E-state index in [1.165, 1.54) is 0 Å². The third kappa shape index (κ3) is 6.74. The molecular formula is C31H29N5O3. The van der Waals surface area contributed by atoms with Gasteiger partial charge in [-0.25, -0.2) is 0 Å². The SMILES string of the molecule is O=C(Nc1ccc(/C=C/c2ccc(NC(=O)[C@@H]3C=CCN3C(=O)Cc3ccccn3)cc2)cc1)[C@@H]1C=CCN1. The fourth-order valence-electron chi connectivity index (χ4n) is 4.40. The zero-order chi connectivity index (χ0) is 27.0. The molecule has 196 valence electrons. The van der Waals surface area contributed by atoms with Gasteiger partial charge in [0.25, 0.3) is 5.91 Å². The normalized spacial score (nSPS) is 18.0. The molecule has 8 nitrogen and oxygen atoms in total. The van der Waals surface area contributed by atoms with E-state index in [1.54, 1.807) is 29.3 Å². The summed E-state index contributed by atoms with van der Waals surface area (Å²) in [6, 6.07) is 19.6. The molecule has 2 aromatic carbocycles. The second-order valence-electron chi connectivity index (χ2n) is 9.29. The van der Waals surface area contributed by atoms with Gasteiger partial charge in [-0.05, 0) is 47.5 Å². The molecule has 3 heterocycles. The van der Waals surface area contributed by atoms with Gasteiger partial charge in [-0.3, -0.25) is 24.7 Å². The summed E-state index contributed by atoms with van der Waals surface area (Å²) in [6.07, 6.45) is 13.1. The molecule has 5 rings (SSSR count). The number of nitrogens with zero attached hydrogens (tertiary/aromatic N) is 2. The largest absolute Gasteiger partial charge is 0.324 e. The van der Waals surface area contributed by atoms with Crippen LogP contribution in [-0.4, -0.2) is 52.8 Å². The van der Waals surface area contributed by atoms with Crippen LogP contribution >= 0.6 is 0 Å². The first kappa shape index (κ1) is 25.8. The van der Waals surface area contributed by atoms with Crippen LogP contribution in [0.5, 0.6) is 0 Å². The summed E-state index contributed by atoms with van der Waals surface area (Å²) in [6.45, 7) is 1.11. The predicted octanol–water partition coefficient (Wildman–Crippen LogP) is 3.67. The zero-order valence-corrected chi connectivity index (χ0v) is 21.3. The number of carbonyl (C=O) groups is 3. The average Bonchev–Trinajstić information content (AvgIpc) is 3.67. The van der Waals surface area contributed by atoms with Gasteiger partial charge in [0.15, 0.2) is 0 Å². The van der Waals surface area contributed by atoms with Crippen LogP contribution in [0.1, 0.15) is 16.8 Å². The van der Waals surface area contributed by atoms with Crippen molar-refractivity contribution in [3.05, 3.63) is 114 Å². The summed E-state index contributed by atoms with van der Waals surface area (Å²) < 4.78 is 0. The number of benzene rings is 2.